The summed E-state index contributed by atoms with van der Waals surface area (Å²) < 4.78 is 10.5. The maximum atomic E-state index is 12.3. The van der Waals surface area contributed by atoms with Gasteiger partial charge >= 0.3 is 12.2 Å². The normalized spacial score (nSPS) is 12.7. The molecule has 8 nitrogen and oxygen atoms in total. The first-order valence-corrected chi connectivity index (χ1v) is 8.63. The van der Waals surface area contributed by atoms with E-state index in [0.29, 0.717) is 18.0 Å². The van der Waals surface area contributed by atoms with Gasteiger partial charge in [-0.2, -0.15) is 0 Å². The highest BCUT2D eigenvalue weighted by Crippen LogP contribution is 2.14. The Morgan fingerprint density at radius 1 is 0.880 bits per heavy atom. The van der Waals surface area contributed by atoms with Crippen LogP contribution in [0.25, 0.3) is 0 Å². The highest BCUT2D eigenvalue weighted by Gasteiger charge is 2.33. The molecule has 0 saturated heterocycles. The molecule has 0 aliphatic heterocycles. The van der Waals surface area contributed by atoms with E-state index in [1.807, 2.05) is 0 Å². The van der Waals surface area contributed by atoms with Crippen molar-refractivity contribution in [2.75, 3.05) is 13.1 Å². The van der Waals surface area contributed by atoms with Crippen molar-refractivity contribution >= 4 is 18.1 Å². The minimum Gasteiger partial charge on any atom is -0.443 e. The van der Waals surface area contributed by atoms with Crippen molar-refractivity contribution in [3.8, 4) is 0 Å². The minimum atomic E-state index is -0.911. The van der Waals surface area contributed by atoms with E-state index in [1.54, 1.807) is 41.5 Å². The van der Waals surface area contributed by atoms with Crippen LogP contribution in [0.4, 0.5) is 9.59 Å². The third kappa shape index (κ3) is 11.4. The lowest BCUT2D eigenvalue weighted by Gasteiger charge is -2.27. The largest absolute Gasteiger partial charge is 0.443 e. The van der Waals surface area contributed by atoms with Gasteiger partial charge in [0.05, 0.1) is 0 Å². The first kappa shape index (κ1) is 23.2. The third-order valence-corrected chi connectivity index (χ3v) is 2.77. The van der Waals surface area contributed by atoms with Crippen LogP contribution >= 0.6 is 0 Å². The van der Waals surface area contributed by atoms with Crippen LogP contribution in [0.3, 0.4) is 0 Å². The summed E-state index contributed by atoms with van der Waals surface area (Å²) in [6.07, 6.45) is 1.89. The molecule has 0 aromatic rings. The molecule has 0 aliphatic rings. The van der Waals surface area contributed by atoms with Crippen molar-refractivity contribution in [2.45, 2.75) is 78.4 Å². The van der Waals surface area contributed by atoms with Crippen LogP contribution in [0.1, 0.15) is 67.2 Å². The second kappa shape index (κ2) is 10.2. The summed E-state index contributed by atoms with van der Waals surface area (Å²) in [5.74, 6) is -0.234. The third-order valence-electron chi connectivity index (χ3n) is 2.77. The van der Waals surface area contributed by atoms with E-state index in [9.17, 15) is 9.59 Å². The average molecular weight is 358 g/mol. The van der Waals surface area contributed by atoms with Crippen molar-refractivity contribution in [1.82, 2.24) is 4.90 Å². The van der Waals surface area contributed by atoms with Gasteiger partial charge in [0, 0.05) is 6.54 Å². The second-order valence-electron chi connectivity index (χ2n) is 7.74. The summed E-state index contributed by atoms with van der Waals surface area (Å²) in [5, 5.41) is 0. The van der Waals surface area contributed by atoms with Crippen molar-refractivity contribution in [1.29, 1.82) is 0 Å². The predicted octanol–water partition coefficient (Wildman–Crippen LogP) is 2.99. The van der Waals surface area contributed by atoms with E-state index in [-0.39, 0.29) is 5.96 Å². The van der Waals surface area contributed by atoms with Gasteiger partial charge in [-0.05, 0) is 60.9 Å². The Hall–Kier alpha value is -1.83. The molecule has 0 aromatic carbocycles. The molecule has 0 spiro atoms. The quantitative estimate of drug-likeness (QED) is 0.428. The number of ether oxygens (including phenoxy) is 2. The van der Waals surface area contributed by atoms with Gasteiger partial charge < -0.3 is 20.9 Å². The molecule has 25 heavy (non-hydrogen) atoms. The molecule has 146 valence electrons. The molecule has 0 aliphatic carbocycles. The number of imide groups is 1. The van der Waals surface area contributed by atoms with Crippen LogP contribution in [0, 0.1) is 0 Å². The number of rotatable bonds is 6. The van der Waals surface area contributed by atoms with Crippen molar-refractivity contribution in [2.24, 2.45) is 16.5 Å². The van der Waals surface area contributed by atoms with Crippen LogP contribution in [0.2, 0.25) is 0 Å². The lowest BCUT2D eigenvalue weighted by Crippen LogP contribution is -2.50. The molecule has 0 unspecified atom stereocenters. The summed E-state index contributed by atoms with van der Waals surface area (Å²) >= 11 is 0. The Labute approximate surface area is 150 Å². The molecule has 8 heteroatoms. The molecule has 0 fully saturated rings. The van der Waals surface area contributed by atoms with Crippen LogP contribution in [-0.2, 0) is 9.47 Å². The molecule has 0 saturated carbocycles. The van der Waals surface area contributed by atoms with Crippen molar-refractivity contribution in [3.63, 3.8) is 0 Å². The number of carbonyl (C=O) groups is 2. The van der Waals surface area contributed by atoms with Crippen LogP contribution in [-0.4, -0.2) is 47.3 Å². The SMILES string of the molecule is CC(C)(C)OC(=O)N(C(=O)OC(C)(C)C)/C(N)=N/CCCCCCN. The van der Waals surface area contributed by atoms with Crippen LogP contribution in [0.15, 0.2) is 4.99 Å². The van der Waals surface area contributed by atoms with Crippen molar-refractivity contribution < 1.29 is 19.1 Å². The molecule has 0 radical (unpaired) electrons. The Morgan fingerprint density at radius 3 is 1.72 bits per heavy atom. The Morgan fingerprint density at radius 2 is 1.32 bits per heavy atom. The number of unbranched alkanes of at least 4 members (excludes halogenated alkanes) is 3. The molecule has 2 amide bonds. The molecule has 0 atom stereocenters. The molecule has 0 heterocycles. The maximum absolute atomic E-state index is 12.3. The Balaban J connectivity index is 5.03. The van der Waals surface area contributed by atoms with Gasteiger partial charge in [-0.25, -0.2) is 9.59 Å². The lowest BCUT2D eigenvalue weighted by molar-refractivity contribution is 0.0145. The standard InChI is InChI=1S/C17H34N4O4/c1-16(2,3)24-14(22)21(15(23)25-17(4,5)6)13(19)20-12-10-8-7-9-11-18/h7-12,18H2,1-6H3,(H2,19,20). The van der Waals surface area contributed by atoms with E-state index < -0.39 is 23.4 Å². The van der Waals surface area contributed by atoms with Crippen LogP contribution < -0.4 is 11.5 Å². The van der Waals surface area contributed by atoms with E-state index in [0.717, 1.165) is 25.7 Å². The number of carbonyl (C=O) groups excluding carboxylic acids is 2. The molecule has 0 aromatic heterocycles. The highest BCUT2D eigenvalue weighted by molar-refractivity contribution is 6.07. The lowest BCUT2D eigenvalue weighted by atomic mass is 10.2. The Bertz CT molecular complexity index is 436. The first-order valence-electron chi connectivity index (χ1n) is 8.63. The average Bonchev–Trinajstić information content (AvgIpc) is 2.38. The minimum absolute atomic E-state index is 0.234. The number of guanidine groups is 1. The van der Waals surface area contributed by atoms with Gasteiger partial charge in [-0.15, -0.1) is 4.90 Å². The highest BCUT2D eigenvalue weighted by atomic mass is 16.6. The van der Waals surface area contributed by atoms with E-state index in [4.69, 9.17) is 20.9 Å². The number of amides is 2. The number of nitrogens with two attached hydrogens (primary N) is 2. The fourth-order valence-electron chi connectivity index (χ4n) is 1.75. The van der Waals surface area contributed by atoms with Gasteiger partial charge in [0.25, 0.3) is 0 Å². The summed E-state index contributed by atoms with van der Waals surface area (Å²) in [6, 6.07) is 0. The van der Waals surface area contributed by atoms with Crippen LogP contribution in [0.5, 0.6) is 0 Å². The zero-order chi connectivity index (χ0) is 19.7. The maximum Gasteiger partial charge on any atom is 0.427 e. The Kier molecular flexibility index (Phi) is 9.48. The summed E-state index contributed by atoms with van der Waals surface area (Å²) in [4.78, 5) is 29.4. The van der Waals surface area contributed by atoms with Gasteiger partial charge in [-0.1, -0.05) is 12.8 Å². The zero-order valence-electron chi connectivity index (χ0n) is 16.4. The van der Waals surface area contributed by atoms with Gasteiger partial charge in [0.15, 0.2) is 0 Å². The smallest absolute Gasteiger partial charge is 0.427 e. The number of nitrogens with zero attached hydrogens (tertiary/aromatic N) is 2. The monoisotopic (exact) mass is 358 g/mol. The van der Waals surface area contributed by atoms with Gasteiger partial charge in [0.2, 0.25) is 5.96 Å². The summed E-state index contributed by atoms with van der Waals surface area (Å²) in [6.45, 7) is 11.2. The fraction of sp³-hybridized carbons (Fsp3) is 0.824. The zero-order valence-corrected chi connectivity index (χ0v) is 16.4. The van der Waals surface area contributed by atoms with E-state index >= 15 is 0 Å². The predicted molar refractivity (Wildman–Crippen MR) is 98.3 cm³/mol. The molecule has 0 rings (SSSR count). The van der Waals surface area contributed by atoms with Gasteiger partial charge in [0.1, 0.15) is 11.2 Å². The number of hydrogen-bond acceptors (Lipinski definition) is 6. The number of hydrogen-bond donors (Lipinski definition) is 2. The molecule has 0 bridgehead atoms. The molecular weight excluding hydrogens is 324 g/mol. The number of aliphatic imine (C=N–C) groups is 1. The topological polar surface area (TPSA) is 120 Å². The van der Waals surface area contributed by atoms with Crippen molar-refractivity contribution in [3.05, 3.63) is 0 Å². The van der Waals surface area contributed by atoms with E-state index in [2.05, 4.69) is 4.99 Å². The fourth-order valence-corrected chi connectivity index (χ4v) is 1.75. The molecule has 4 N–H and O–H groups in total. The van der Waals surface area contributed by atoms with E-state index in [1.165, 1.54) is 0 Å². The van der Waals surface area contributed by atoms with Gasteiger partial charge in [-0.3, -0.25) is 4.99 Å². The summed E-state index contributed by atoms with van der Waals surface area (Å²) in [7, 11) is 0. The summed E-state index contributed by atoms with van der Waals surface area (Å²) in [5.41, 5.74) is 9.74. The second-order valence-corrected chi connectivity index (χ2v) is 7.74. The first-order chi connectivity index (χ1) is 11.4. The molecular formula is C17H34N4O4.